The molecule has 0 saturated carbocycles. The maximum absolute atomic E-state index is 14.1. The molecule has 1 N–H and O–H groups in total. The quantitative estimate of drug-likeness (QED) is 0.269. The smallest absolute Gasteiger partial charge is 0.244 e. The highest BCUT2D eigenvalue weighted by Crippen LogP contribution is 2.28. The second-order valence-electron chi connectivity index (χ2n) is 9.49. The first-order valence-electron chi connectivity index (χ1n) is 12.7. The van der Waals surface area contributed by atoms with Gasteiger partial charge in [0.05, 0.1) is 11.9 Å². The molecule has 0 bridgehead atoms. The number of carbonyl (C=O) groups excluding carboxylic acids is 2. The van der Waals surface area contributed by atoms with Crippen molar-refractivity contribution in [2.75, 3.05) is 17.1 Å². The van der Waals surface area contributed by atoms with Crippen LogP contribution in [0.25, 0.3) is 0 Å². The van der Waals surface area contributed by atoms with Crippen molar-refractivity contribution in [3.8, 4) is 0 Å². The fourth-order valence-corrected chi connectivity index (χ4v) is 5.64. The molecule has 0 radical (unpaired) electrons. The van der Waals surface area contributed by atoms with Gasteiger partial charge in [0.1, 0.15) is 12.6 Å². The number of carbonyl (C=O) groups is 2. The number of hydrogen-bond acceptors (Lipinski definition) is 4. The third-order valence-corrected chi connectivity index (χ3v) is 8.52. The molecule has 0 fully saturated rings. The molecule has 0 aliphatic heterocycles. The molecular weight excluding hydrogens is 593 g/mol. The summed E-state index contributed by atoms with van der Waals surface area (Å²) in [5.41, 5.74) is 1.50. The first-order valence-corrected chi connectivity index (χ1v) is 15.7. The Balaban J connectivity index is 2.11. The van der Waals surface area contributed by atoms with Crippen molar-refractivity contribution >= 4 is 62.3 Å². The summed E-state index contributed by atoms with van der Waals surface area (Å²) in [4.78, 5) is 29.1. The number of anilines is 1. The maximum Gasteiger partial charge on any atom is 0.244 e. The van der Waals surface area contributed by atoms with Gasteiger partial charge in [-0.15, -0.1) is 0 Å². The molecule has 0 saturated heterocycles. The van der Waals surface area contributed by atoms with E-state index in [4.69, 9.17) is 34.8 Å². The highest BCUT2D eigenvalue weighted by Gasteiger charge is 2.34. The SMILES string of the molecule is CC[C@H](C)NC(=O)[C@@H](Cc1ccccc1)N(Cc1c(Cl)cccc1Cl)C(=O)CN(c1cccc(Cl)c1)S(C)(=O)=O. The van der Waals surface area contributed by atoms with Gasteiger partial charge in [-0.2, -0.15) is 0 Å². The van der Waals surface area contributed by atoms with E-state index in [1.54, 1.807) is 36.4 Å². The van der Waals surface area contributed by atoms with Gasteiger partial charge in [0.15, 0.2) is 0 Å². The molecule has 0 spiro atoms. The summed E-state index contributed by atoms with van der Waals surface area (Å²) >= 11 is 19.1. The fraction of sp³-hybridized carbons (Fsp3) is 0.310. The Morgan fingerprint density at radius 3 is 2.12 bits per heavy atom. The Morgan fingerprint density at radius 2 is 1.55 bits per heavy atom. The minimum atomic E-state index is -3.91. The van der Waals surface area contributed by atoms with E-state index in [0.717, 1.165) is 16.1 Å². The summed E-state index contributed by atoms with van der Waals surface area (Å²) in [6.45, 7) is 3.14. The average Bonchev–Trinajstić information content (AvgIpc) is 2.90. The van der Waals surface area contributed by atoms with Crippen molar-refractivity contribution in [3.63, 3.8) is 0 Å². The van der Waals surface area contributed by atoms with Crippen molar-refractivity contribution in [3.05, 3.63) is 99.0 Å². The van der Waals surface area contributed by atoms with Crippen LogP contribution in [0.1, 0.15) is 31.4 Å². The van der Waals surface area contributed by atoms with E-state index < -0.39 is 28.5 Å². The van der Waals surface area contributed by atoms with Crippen LogP contribution in [0.3, 0.4) is 0 Å². The maximum atomic E-state index is 14.1. The number of nitrogens with zero attached hydrogens (tertiary/aromatic N) is 2. The molecule has 2 amide bonds. The van der Waals surface area contributed by atoms with Gasteiger partial charge >= 0.3 is 0 Å². The Bertz CT molecular complexity index is 1420. The largest absolute Gasteiger partial charge is 0.352 e. The van der Waals surface area contributed by atoms with Gasteiger partial charge in [-0.1, -0.05) is 84.2 Å². The summed E-state index contributed by atoms with van der Waals surface area (Å²) in [7, 11) is -3.91. The molecule has 0 aromatic heterocycles. The van der Waals surface area contributed by atoms with E-state index in [1.807, 2.05) is 44.2 Å². The van der Waals surface area contributed by atoms with Crippen molar-refractivity contribution in [1.29, 1.82) is 0 Å². The summed E-state index contributed by atoms with van der Waals surface area (Å²) < 4.78 is 26.6. The highest BCUT2D eigenvalue weighted by molar-refractivity contribution is 7.92. The van der Waals surface area contributed by atoms with Crippen molar-refractivity contribution in [2.45, 2.75) is 45.3 Å². The Labute approximate surface area is 251 Å². The highest BCUT2D eigenvalue weighted by atomic mass is 35.5. The van der Waals surface area contributed by atoms with Gasteiger partial charge in [0.25, 0.3) is 0 Å². The van der Waals surface area contributed by atoms with Gasteiger partial charge in [-0.3, -0.25) is 13.9 Å². The average molecular weight is 625 g/mol. The molecule has 40 heavy (non-hydrogen) atoms. The third-order valence-electron chi connectivity index (χ3n) is 6.44. The lowest BCUT2D eigenvalue weighted by Gasteiger charge is -2.34. The standard InChI is InChI=1S/C29H32Cl3N3O4S/c1-4-20(2)33-29(37)27(16-21-10-6-5-7-11-21)34(18-24-25(31)14-9-15-26(24)32)28(36)19-35(40(3,38)39)23-13-8-12-22(30)17-23/h5-15,17,20,27H,4,16,18-19H2,1-3H3,(H,33,37)/t20-,27+/m0/s1. The predicted molar refractivity (Wildman–Crippen MR) is 162 cm³/mol. The normalized spacial score (nSPS) is 12.8. The number of rotatable bonds is 12. The number of halogens is 3. The van der Waals surface area contributed by atoms with Crippen LogP contribution in [-0.4, -0.2) is 50.0 Å². The molecule has 3 rings (SSSR count). The lowest BCUT2D eigenvalue weighted by molar-refractivity contribution is -0.140. The number of sulfonamides is 1. The molecule has 3 aromatic rings. The topological polar surface area (TPSA) is 86.8 Å². The second-order valence-corrected chi connectivity index (χ2v) is 12.7. The molecule has 7 nitrogen and oxygen atoms in total. The van der Waals surface area contributed by atoms with Gasteiger partial charge in [-0.05, 0) is 49.2 Å². The molecule has 0 heterocycles. The summed E-state index contributed by atoms with van der Waals surface area (Å²) in [5.74, 6) is -0.981. The zero-order chi connectivity index (χ0) is 29.4. The van der Waals surface area contributed by atoms with E-state index in [9.17, 15) is 18.0 Å². The first-order chi connectivity index (χ1) is 18.9. The number of benzene rings is 3. The van der Waals surface area contributed by atoms with Crippen molar-refractivity contribution < 1.29 is 18.0 Å². The van der Waals surface area contributed by atoms with E-state index in [-0.39, 0.29) is 30.6 Å². The molecule has 3 aromatic carbocycles. The molecule has 11 heteroatoms. The Hall–Kier alpha value is -2.78. The van der Waals surface area contributed by atoms with E-state index in [0.29, 0.717) is 27.1 Å². The number of amides is 2. The van der Waals surface area contributed by atoms with Crippen molar-refractivity contribution in [2.24, 2.45) is 0 Å². The number of nitrogens with one attached hydrogen (secondary N) is 1. The van der Waals surface area contributed by atoms with Gasteiger partial charge < -0.3 is 10.2 Å². The van der Waals surface area contributed by atoms with Crippen LogP contribution >= 0.6 is 34.8 Å². The summed E-state index contributed by atoms with van der Waals surface area (Å²) in [6.07, 6.45) is 1.88. The zero-order valence-electron chi connectivity index (χ0n) is 22.5. The lowest BCUT2D eigenvalue weighted by Crippen LogP contribution is -2.54. The predicted octanol–water partition coefficient (Wildman–Crippen LogP) is 5.97. The molecule has 2 atom stereocenters. The van der Waals surface area contributed by atoms with Crippen molar-refractivity contribution in [1.82, 2.24) is 10.2 Å². The second kappa shape index (κ2) is 14.2. The summed E-state index contributed by atoms with van der Waals surface area (Å²) in [5, 5.41) is 3.93. The molecular formula is C29H32Cl3N3O4S. The molecule has 0 unspecified atom stereocenters. The van der Waals surface area contributed by atoms with Crippen LogP contribution in [0.5, 0.6) is 0 Å². The molecule has 0 aliphatic rings. The van der Waals surface area contributed by atoms with E-state index >= 15 is 0 Å². The van der Waals surface area contributed by atoms with Crippen LogP contribution in [-0.2, 0) is 32.6 Å². The molecule has 214 valence electrons. The Kier molecular flexibility index (Phi) is 11.3. The van der Waals surface area contributed by atoms with Crippen LogP contribution in [0, 0.1) is 0 Å². The monoisotopic (exact) mass is 623 g/mol. The molecule has 0 aliphatic carbocycles. The lowest BCUT2D eigenvalue weighted by atomic mass is 10.0. The van der Waals surface area contributed by atoms with Gasteiger partial charge in [0, 0.05) is 39.6 Å². The van der Waals surface area contributed by atoms with Crippen LogP contribution in [0.2, 0.25) is 15.1 Å². The minimum Gasteiger partial charge on any atom is -0.352 e. The fourth-order valence-electron chi connectivity index (χ4n) is 4.09. The Morgan fingerprint density at radius 1 is 0.925 bits per heavy atom. The van der Waals surface area contributed by atoms with Gasteiger partial charge in [-0.25, -0.2) is 8.42 Å². The summed E-state index contributed by atoms with van der Waals surface area (Å²) in [6, 6.07) is 19.3. The first kappa shape index (κ1) is 31.7. The van der Waals surface area contributed by atoms with E-state index in [2.05, 4.69) is 5.32 Å². The van der Waals surface area contributed by atoms with Gasteiger partial charge in [0.2, 0.25) is 21.8 Å². The van der Waals surface area contributed by atoms with Crippen LogP contribution < -0.4 is 9.62 Å². The zero-order valence-corrected chi connectivity index (χ0v) is 25.6. The van der Waals surface area contributed by atoms with Crippen LogP contribution in [0.4, 0.5) is 5.69 Å². The third kappa shape index (κ3) is 8.61. The number of hydrogen-bond donors (Lipinski definition) is 1. The van der Waals surface area contributed by atoms with Crippen LogP contribution in [0.15, 0.2) is 72.8 Å². The van der Waals surface area contributed by atoms with E-state index in [1.165, 1.54) is 11.0 Å². The minimum absolute atomic E-state index is 0.115.